The highest BCUT2D eigenvalue weighted by molar-refractivity contribution is 5.95. The molecule has 1 N–H and O–H groups in total. The molecule has 21 heavy (non-hydrogen) atoms. The second-order valence-corrected chi connectivity index (χ2v) is 6.21. The van der Waals surface area contributed by atoms with Crippen molar-refractivity contribution in [2.45, 2.75) is 45.7 Å². The average molecular weight is 290 g/mol. The van der Waals surface area contributed by atoms with E-state index in [0.717, 1.165) is 19.6 Å². The van der Waals surface area contributed by atoms with Crippen LogP contribution in [0.25, 0.3) is 0 Å². The van der Waals surface area contributed by atoms with Crippen molar-refractivity contribution in [1.29, 1.82) is 0 Å². The number of piperazine rings is 1. The molecule has 0 radical (unpaired) electrons. The quantitative estimate of drug-likeness (QED) is 0.889. The second kappa shape index (κ2) is 5.26. The summed E-state index contributed by atoms with van der Waals surface area (Å²) in [6.45, 7) is 8.73. The van der Waals surface area contributed by atoms with Crippen LogP contribution in [-0.4, -0.2) is 57.9 Å². The third-order valence-electron chi connectivity index (χ3n) is 4.86. The van der Waals surface area contributed by atoms with E-state index in [-0.39, 0.29) is 6.04 Å². The van der Waals surface area contributed by atoms with Crippen LogP contribution in [0.3, 0.4) is 0 Å². The number of carboxylic acid groups (broad SMARTS) is 1. The molecule has 6 heteroatoms. The number of hydrogen-bond donors (Lipinski definition) is 1. The molecule has 2 aliphatic heterocycles. The summed E-state index contributed by atoms with van der Waals surface area (Å²) in [5.74, 6) is -0.383. The van der Waals surface area contributed by atoms with Crippen LogP contribution in [0.1, 0.15) is 41.4 Å². The van der Waals surface area contributed by atoms with Gasteiger partial charge in [0.25, 0.3) is 0 Å². The molecule has 1 aromatic heterocycles. The highest BCUT2D eigenvalue weighted by Crippen LogP contribution is 2.30. The molecule has 2 aliphatic rings. The third-order valence-corrected chi connectivity index (χ3v) is 4.86. The first-order valence-corrected chi connectivity index (χ1v) is 7.57. The topological polar surface area (TPSA) is 69.6 Å². The molecule has 3 rings (SSSR count). The molecule has 3 heterocycles. The fourth-order valence-electron chi connectivity index (χ4n) is 3.54. The molecule has 2 unspecified atom stereocenters. The van der Waals surface area contributed by atoms with E-state index in [1.165, 1.54) is 12.8 Å². The van der Waals surface area contributed by atoms with Crippen LogP contribution < -0.4 is 4.90 Å². The molecule has 2 saturated heterocycles. The van der Waals surface area contributed by atoms with Crippen molar-refractivity contribution in [3.8, 4) is 0 Å². The minimum atomic E-state index is -0.915. The van der Waals surface area contributed by atoms with Gasteiger partial charge in [0.15, 0.2) is 5.82 Å². The monoisotopic (exact) mass is 290 g/mol. The van der Waals surface area contributed by atoms with Crippen LogP contribution in [-0.2, 0) is 0 Å². The molecule has 0 aliphatic carbocycles. The lowest BCUT2D eigenvalue weighted by Gasteiger charge is -2.43. The van der Waals surface area contributed by atoms with Crippen molar-refractivity contribution in [2.24, 2.45) is 0 Å². The Morgan fingerprint density at radius 1 is 1.29 bits per heavy atom. The summed E-state index contributed by atoms with van der Waals surface area (Å²) in [4.78, 5) is 16.3. The molecule has 1 aromatic rings. The molecule has 114 valence electrons. The zero-order valence-electron chi connectivity index (χ0n) is 12.8. The maximum absolute atomic E-state index is 11.7. The molecular formula is C15H22N4O2. The minimum absolute atomic E-state index is 0.258. The predicted molar refractivity (Wildman–Crippen MR) is 79.9 cm³/mol. The van der Waals surface area contributed by atoms with E-state index in [4.69, 9.17) is 0 Å². The van der Waals surface area contributed by atoms with Gasteiger partial charge in [-0.2, -0.15) is 5.10 Å². The molecule has 0 bridgehead atoms. The maximum Gasteiger partial charge on any atom is 0.339 e. The number of nitrogens with zero attached hydrogens (tertiary/aromatic N) is 4. The van der Waals surface area contributed by atoms with Gasteiger partial charge in [0.05, 0.1) is 5.69 Å². The van der Waals surface area contributed by atoms with E-state index in [0.29, 0.717) is 28.7 Å². The lowest BCUT2D eigenvalue weighted by molar-refractivity contribution is 0.0695. The Morgan fingerprint density at radius 2 is 2.05 bits per heavy atom. The van der Waals surface area contributed by atoms with Crippen LogP contribution in [0, 0.1) is 13.8 Å². The first-order chi connectivity index (χ1) is 9.99. The summed E-state index contributed by atoms with van der Waals surface area (Å²) in [6.07, 6.45) is 2.42. The molecule has 0 amide bonds. The molecule has 6 nitrogen and oxygen atoms in total. The van der Waals surface area contributed by atoms with Crippen LogP contribution in [0.2, 0.25) is 0 Å². The number of hydrogen-bond acceptors (Lipinski definition) is 5. The lowest BCUT2D eigenvalue weighted by atomic mass is 10.0. The van der Waals surface area contributed by atoms with Gasteiger partial charge in [0.1, 0.15) is 5.56 Å². The van der Waals surface area contributed by atoms with Crippen molar-refractivity contribution in [1.82, 2.24) is 15.1 Å². The van der Waals surface area contributed by atoms with E-state index < -0.39 is 5.97 Å². The standard InChI is InChI=1S/C15H22N4O2/c1-9-7-18-6-4-5-12(18)8-19(9)14-13(15(20)21)10(2)11(3)16-17-14/h9,12H,4-8H2,1-3H3,(H,20,21). The number of carbonyl (C=O) groups is 1. The zero-order chi connectivity index (χ0) is 15.1. The normalized spacial score (nSPS) is 26.0. The number of fused-ring (bicyclic) bond motifs is 1. The first-order valence-electron chi connectivity index (χ1n) is 7.57. The van der Waals surface area contributed by atoms with Gasteiger partial charge in [-0.25, -0.2) is 4.79 Å². The van der Waals surface area contributed by atoms with E-state index >= 15 is 0 Å². The van der Waals surface area contributed by atoms with Gasteiger partial charge in [-0.15, -0.1) is 5.10 Å². The van der Waals surface area contributed by atoms with Gasteiger partial charge in [0, 0.05) is 25.2 Å². The van der Waals surface area contributed by atoms with Gasteiger partial charge in [-0.05, 0) is 45.7 Å². The lowest BCUT2D eigenvalue weighted by Crippen LogP contribution is -2.55. The van der Waals surface area contributed by atoms with E-state index in [9.17, 15) is 9.90 Å². The Labute approximate surface area is 124 Å². The van der Waals surface area contributed by atoms with Gasteiger partial charge >= 0.3 is 5.97 Å². The maximum atomic E-state index is 11.7. The number of aromatic carboxylic acids is 1. The van der Waals surface area contributed by atoms with Gasteiger partial charge in [-0.1, -0.05) is 0 Å². The van der Waals surface area contributed by atoms with Crippen LogP contribution in [0.4, 0.5) is 5.82 Å². The first kappa shape index (κ1) is 14.3. The highest BCUT2D eigenvalue weighted by Gasteiger charge is 2.37. The Balaban J connectivity index is 1.99. The summed E-state index contributed by atoms with van der Waals surface area (Å²) < 4.78 is 0. The number of rotatable bonds is 2. The minimum Gasteiger partial charge on any atom is -0.478 e. The van der Waals surface area contributed by atoms with E-state index in [1.807, 2.05) is 6.92 Å². The fraction of sp³-hybridized carbons (Fsp3) is 0.667. The van der Waals surface area contributed by atoms with Gasteiger partial charge in [-0.3, -0.25) is 4.90 Å². The number of carboxylic acids is 1. The predicted octanol–water partition coefficient (Wildman–Crippen LogP) is 1.46. The number of anilines is 1. The Kier molecular flexibility index (Phi) is 3.57. The molecule has 0 spiro atoms. The van der Waals surface area contributed by atoms with Crippen molar-refractivity contribution in [2.75, 3.05) is 24.5 Å². The number of aromatic nitrogens is 2. The Bertz CT molecular complexity index is 575. The summed E-state index contributed by atoms with van der Waals surface area (Å²) in [5, 5.41) is 17.9. The molecule has 2 atom stereocenters. The summed E-state index contributed by atoms with van der Waals surface area (Å²) in [7, 11) is 0. The molecule has 0 aromatic carbocycles. The van der Waals surface area contributed by atoms with Crippen molar-refractivity contribution < 1.29 is 9.90 Å². The molecule has 0 saturated carbocycles. The van der Waals surface area contributed by atoms with E-state index in [2.05, 4.69) is 26.9 Å². The third kappa shape index (κ3) is 2.37. The molecular weight excluding hydrogens is 268 g/mol. The van der Waals surface area contributed by atoms with Crippen molar-refractivity contribution >= 4 is 11.8 Å². The Morgan fingerprint density at radius 3 is 2.76 bits per heavy atom. The highest BCUT2D eigenvalue weighted by atomic mass is 16.4. The molecule has 2 fully saturated rings. The van der Waals surface area contributed by atoms with Crippen molar-refractivity contribution in [3.05, 3.63) is 16.8 Å². The average Bonchev–Trinajstić information content (AvgIpc) is 2.87. The number of aryl methyl sites for hydroxylation is 1. The summed E-state index contributed by atoms with van der Waals surface area (Å²) in [6, 6.07) is 0.778. The van der Waals surface area contributed by atoms with E-state index in [1.54, 1.807) is 6.92 Å². The second-order valence-electron chi connectivity index (χ2n) is 6.21. The smallest absolute Gasteiger partial charge is 0.339 e. The summed E-state index contributed by atoms with van der Waals surface area (Å²) in [5.41, 5.74) is 1.71. The van der Waals surface area contributed by atoms with Crippen molar-refractivity contribution in [3.63, 3.8) is 0 Å². The fourth-order valence-corrected chi connectivity index (χ4v) is 3.54. The van der Waals surface area contributed by atoms with Crippen LogP contribution in [0.15, 0.2) is 0 Å². The largest absolute Gasteiger partial charge is 0.478 e. The zero-order valence-corrected chi connectivity index (χ0v) is 12.8. The Hall–Kier alpha value is -1.69. The summed E-state index contributed by atoms with van der Waals surface area (Å²) >= 11 is 0. The van der Waals surface area contributed by atoms with Crippen LogP contribution >= 0.6 is 0 Å². The van der Waals surface area contributed by atoms with Gasteiger partial charge < -0.3 is 10.0 Å². The SMILES string of the molecule is Cc1nnc(N2CC3CCCN3CC2C)c(C(=O)O)c1C. The van der Waals surface area contributed by atoms with Gasteiger partial charge in [0.2, 0.25) is 0 Å². The van der Waals surface area contributed by atoms with Crippen LogP contribution in [0.5, 0.6) is 0 Å².